The van der Waals surface area contributed by atoms with Crippen molar-refractivity contribution in [3.8, 4) is 0 Å². The molecule has 3 N–H and O–H groups in total. The summed E-state index contributed by atoms with van der Waals surface area (Å²) < 4.78 is 5.37. The molecule has 5 heteroatoms. The molecular weight excluding hydrogens is 268 g/mol. The van der Waals surface area contributed by atoms with E-state index in [9.17, 15) is 4.79 Å². The van der Waals surface area contributed by atoms with Gasteiger partial charge >= 0.3 is 6.09 Å². The Labute approximate surface area is 125 Å². The van der Waals surface area contributed by atoms with Crippen molar-refractivity contribution in [2.45, 2.75) is 45.3 Å². The van der Waals surface area contributed by atoms with Gasteiger partial charge in [-0.15, -0.1) is 0 Å². The summed E-state index contributed by atoms with van der Waals surface area (Å²) in [7, 11) is 0. The molecule has 21 heavy (non-hydrogen) atoms. The summed E-state index contributed by atoms with van der Waals surface area (Å²) in [5.41, 5.74) is 0.386. The van der Waals surface area contributed by atoms with Gasteiger partial charge in [0.25, 0.3) is 0 Å². The minimum absolute atomic E-state index is 0.132. The minimum atomic E-state index is -0.521. The first-order valence-electron chi connectivity index (χ1n) is 7.22. The average molecular weight is 292 g/mol. The second-order valence-electron chi connectivity index (χ2n) is 6.66. The quantitative estimate of drug-likeness (QED) is 0.818. The number of benzene rings is 1. The lowest BCUT2D eigenvalue weighted by Gasteiger charge is -2.29. The van der Waals surface area contributed by atoms with Crippen molar-refractivity contribution in [2.24, 2.45) is 11.3 Å². The number of rotatable bonds is 5. The first-order chi connectivity index (χ1) is 9.86. The lowest BCUT2D eigenvalue weighted by Crippen LogP contribution is -2.40. The summed E-state index contributed by atoms with van der Waals surface area (Å²) in [6, 6.07) is 9.71. The zero-order valence-corrected chi connectivity index (χ0v) is 12.9. The normalized spacial score (nSPS) is 17.9. The van der Waals surface area contributed by atoms with Gasteiger partial charge in [-0.2, -0.15) is 0 Å². The monoisotopic (exact) mass is 292 g/mol. The third kappa shape index (κ3) is 4.19. The number of hydrogen-bond donors (Lipinski definition) is 2. The van der Waals surface area contributed by atoms with Crippen molar-refractivity contribution < 1.29 is 14.4 Å². The van der Waals surface area contributed by atoms with Crippen LogP contribution < -0.4 is 11.2 Å². The van der Waals surface area contributed by atoms with Gasteiger partial charge in [-0.05, 0) is 39.2 Å². The van der Waals surface area contributed by atoms with Crippen LogP contribution in [0.4, 0.5) is 4.79 Å². The highest BCUT2D eigenvalue weighted by molar-refractivity contribution is 5.68. The van der Waals surface area contributed by atoms with Crippen LogP contribution >= 0.6 is 0 Å². The largest absolute Gasteiger partial charge is 0.444 e. The summed E-state index contributed by atoms with van der Waals surface area (Å²) in [6.45, 7) is 5.96. The number of carbonyl (C=O) groups excluding carboxylic acids is 1. The highest BCUT2D eigenvalue weighted by atomic mass is 16.6. The zero-order valence-electron chi connectivity index (χ0n) is 12.9. The number of carbonyl (C=O) groups is 1. The van der Waals surface area contributed by atoms with E-state index in [-0.39, 0.29) is 11.5 Å². The molecule has 0 bridgehead atoms. The van der Waals surface area contributed by atoms with Crippen LogP contribution in [0.2, 0.25) is 0 Å². The van der Waals surface area contributed by atoms with Crippen molar-refractivity contribution in [1.82, 2.24) is 5.32 Å². The van der Waals surface area contributed by atoms with Crippen LogP contribution in [-0.2, 0) is 9.57 Å². The van der Waals surface area contributed by atoms with E-state index in [0.717, 1.165) is 18.4 Å². The van der Waals surface area contributed by atoms with E-state index in [4.69, 9.17) is 15.5 Å². The molecule has 1 unspecified atom stereocenters. The van der Waals surface area contributed by atoms with Crippen molar-refractivity contribution >= 4 is 6.09 Å². The van der Waals surface area contributed by atoms with Crippen LogP contribution in [-0.4, -0.2) is 18.3 Å². The predicted molar refractivity (Wildman–Crippen MR) is 80.4 cm³/mol. The molecule has 0 heterocycles. The first-order valence-corrected chi connectivity index (χ1v) is 7.22. The lowest BCUT2D eigenvalue weighted by molar-refractivity contribution is 0.0392. The van der Waals surface area contributed by atoms with Gasteiger partial charge in [0, 0.05) is 5.41 Å². The molecule has 0 aliphatic heterocycles. The molecule has 0 spiro atoms. The third-order valence-electron chi connectivity index (χ3n) is 3.67. The third-order valence-corrected chi connectivity index (χ3v) is 3.67. The standard InChI is InChI=1S/C16H24N2O3/c1-15(2,3)21-14(19)18-13(12-7-5-4-6-8-12)16(9-10-16)11-20-17/h4-8,13H,9-11,17H2,1-3H3,(H,18,19). The Bertz CT molecular complexity index is 478. The molecular formula is C16H24N2O3. The van der Waals surface area contributed by atoms with Crippen LogP contribution in [0.25, 0.3) is 0 Å². The maximum absolute atomic E-state index is 12.1. The van der Waals surface area contributed by atoms with Gasteiger partial charge in [0.15, 0.2) is 0 Å². The molecule has 1 aliphatic carbocycles. The molecule has 1 aromatic rings. The summed E-state index contributed by atoms with van der Waals surface area (Å²) in [4.78, 5) is 17.0. The Hall–Kier alpha value is -1.59. The van der Waals surface area contributed by atoms with Crippen molar-refractivity contribution in [3.05, 3.63) is 35.9 Å². The SMILES string of the molecule is CC(C)(C)OC(=O)NC(c1ccccc1)C1(CON)CC1. The molecule has 0 radical (unpaired) electrons. The fourth-order valence-electron chi connectivity index (χ4n) is 2.50. The van der Waals surface area contributed by atoms with Gasteiger partial charge in [0.2, 0.25) is 0 Å². The molecule has 0 saturated heterocycles. The Morgan fingerprint density at radius 2 is 1.95 bits per heavy atom. The van der Waals surface area contributed by atoms with Crippen LogP contribution in [0.1, 0.15) is 45.2 Å². The van der Waals surface area contributed by atoms with E-state index in [1.165, 1.54) is 0 Å². The molecule has 1 saturated carbocycles. The smallest absolute Gasteiger partial charge is 0.408 e. The van der Waals surface area contributed by atoms with Crippen LogP contribution in [0.5, 0.6) is 0 Å². The van der Waals surface area contributed by atoms with Gasteiger partial charge in [-0.1, -0.05) is 30.3 Å². The van der Waals surface area contributed by atoms with Crippen molar-refractivity contribution in [1.29, 1.82) is 0 Å². The lowest BCUT2D eigenvalue weighted by atomic mass is 9.91. The van der Waals surface area contributed by atoms with Crippen molar-refractivity contribution in [2.75, 3.05) is 6.61 Å². The van der Waals surface area contributed by atoms with Crippen LogP contribution in [0.3, 0.4) is 0 Å². The number of alkyl carbamates (subject to hydrolysis) is 1. The van der Waals surface area contributed by atoms with E-state index < -0.39 is 11.7 Å². The maximum atomic E-state index is 12.1. The summed E-state index contributed by atoms with van der Waals surface area (Å²) in [5, 5.41) is 2.98. The second-order valence-corrected chi connectivity index (χ2v) is 6.66. The van der Waals surface area contributed by atoms with Gasteiger partial charge in [-0.3, -0.25) is 0 Å². The number of hydrogen-bond acceptors (Lipinski definition) is 4. The molecule has 2 rings (SSSR count). The highest BCUT2D eigenvalue weighted by Gasteiger charge is 2.51. The number of amides is 1. The summed E-state index contributed by atoms with van der Waals surface area (Å²) >= 11 is 0. The van der Waals surface area contributed by atoms with E-state index in [1.54, 1.807) is 0 Å². The molecule has 1 fully saturated rings. The molecule has 1 aliphatic rings. The molecule has 1 atom stereocenters. The summed E-state index contributed by atoms with van der Waals surface area (Å²) in [5.74, 6) is 5.26. The molecule has 1 amide bonds. The van der Waals surface area contributed by atoms with E-state index in [0.29, 0.717) is 6.61 Å². The average Bonchev–Trinajstić information content (AvgIpc) is 3.16. The van der Waals surface area contributed by atoms with Crippen LogP contribution in [0.15, 0.2) is 30.3 Å². The van der Waals surface area contributed by atoms with Gasteiger partial charge in [-0.25, -0.2) is 10.7 Å². The summed E-state index contributed by atoms with van der Waals surface area (Å²) in [6.07, 6.45) is 1.53. The van der Waals surface area contributed by atoms with Gasteiger partial charge in [0.1, 0.15) is 5.60 Å². The number of nitrogens with one attached hydrogen (secondary N) is 1. The minimum Gasteiger partial charge on any atom is -0.444 e. The predicted octanol–water partition coefficient (Wildman–Crippen LogP) is 2.92. The Morgan fingerprint density at radius 3 is 2.43 bits per heavy atom. The zero-order chi connectivity index (χ0) is 15.5. The first kappa shape index (κ1) is 15.8. The second kappa shape index (κ2) is 6.03. The van der Waals surface area contributed by atoms with E-state index in [1.807, 2.05) is 51.1 Å². The Balaban J connectivity index is 2.16. The van der Waals surface area contributed by atoms with Gasteiger partial charge in [0.05, 0.1) is 12.6 Å². The molecule has 1 aromatic carbocycles. The molecule has 5 nitrogen and oxygen atoms in total. The van der Waals surface area contributed by atoms with E-state index >= 15 is 0 Å². The topological polar surface area (TPSA) is 73.6 Å². The Kier molecular flexibility index (Phi) is 4.54. The van der Waals surface area contributed by atoms with E-state index in [2.05, 4.69) is 5.32 Å². The van der Waals surface area contributed by atoms with Gasteiger partial charge < -0.3 is 14.9 Å². The fraction of sp³-hybridized carbons (Fsp3) is 0.562. The highest BCUT2D eigenvalue weighted by Crippen LogP contribution is 2.55. The molecule has 0 aromatic heterocycles. The maximum Gasteiger partial charge on any atom is 0.408 e. The molecule has 116 valence electrons. The van der Waals surface area contributed by atoms with Crippen molar-refractivity contribution in [3.63, 3.8) is 0 Å². The fourth-order valence-corrected chi connectivity index (χ4v) is 2.50. The number of ether oxygens (including phenoxy) is 1. The van der Waals surface area contributed by atoms with Crippen LogP contribution in [0, 0.1) is 5.41 Å². The number of nitrogens with two attached hydrogens (primary N) is 1. The Morgan fingerprint density at radius 1 is 1.33 bits per heavy atom.